The Hall–Kier alpha value is -1.14. The van der Waals surface area contributed by atoms with E-state index in [4.69, 9.17) is 4.98 Å². The van der Waals surface area contributed by atoms with Crippen molar-refractivity contribution >= 4 is 15.7 Å². The molecule has 0 radical (unpaired) electrons. The zero-order chi connectivity index (χ0) is 15.5. The molecule has 2 rings (SSSR count). The molecule has 6 heteroatoms. The number of hydrogen-bond acceptors (Lipinski definition) is 5. The fourth-order valence-corrected chi connectivity index (χ4v) is 4.00. The van der Waals surface area contributed by atoms with Gasteiger partial charge in [-0.3, -0.25) is 0 Å². The molecular weight excluding hydrogens is 286 g/mol. The van der Waals surface area contributed by atoms with Crippen LogP contribution in [-0.4, -0.2) is 44.5 Å². The standard InChI is InChI=1S/C15H25N3O2S/c1-4-16-11-14-12(2)10-13(3)17-15(14)18-6-5-8-21(19,20)9-7-18/h10,16H,4-9,11H2,1-3H3. The summed E-state index contributed by atoms with van der Waals surface area (Å²) in [6, 6.07) is 2.09. The molecular formula is C15H25N3O2S. The third kappa shape index (κ3) is 4.17. The van der Waals surface area contributed by atoms with Crippen molar-refractivity contribution in [3.05, 3.63) is 22.9 Å². The number of hydrogen-bond donors (Lipinski definition) is 1. The van der Waals surface area contributed by atoms with E-state index in [1.54, 1.807) is 0 Å². The topological polar surface area (TPSA) is 62.3 Å². The van der Waals surface area contributed by atoms with Gasteiger partial charge in [-0.25, -0.2) is 13.4 Å². The van der Waals surface area contributed by atoms with Crippen molar-refractivity contribution in [3.8, 4) is 0 Å². The predicted octanol–water partition coefficient (Wildman–Crippen LogP) is 1.43. The van der Waals surface area contributed by atoms with Gasteiger partial charge in [-0.2, -0.15) is 0 Å². The van der Waals surface area contributed by atoms with E-state index in [2.05, 4.69) is 30.1 Å². The molecule has 0 amide bonds. The highest BCUT2D eigenvalue weighted by Gasteiger charge is 2.22. The van der Waals surface area contributed by atoms with E-state index < -0.39 is 9.84 Å². The van der Waals surface area contributed by atoms with E-state index >= 15 is 0 Å². The molecule has 1 fully saturated rings. The number of sulfone groups is 1. The summed E-state index contributed by atoms with van der Waals surface area (Å²) in [6.07, 6.45) is 0.678. The molecule has 118 valence electrons. The Kier molecular flexibility index (Phi) is 5.22. The number of aromatic nitrogens is 1. The fraction of sp³-hybridized carbons (Fsp3) is 0.667. The molecule has 21 heavy (non-hydrogen) atoms. The smallest absolute Gasteiger partial charge is 0.152 e. The third-order valence-electron chi connectivity index (χ3n) is 3.86. The summed E-state index contributed by atoms with van der Waals surface area (Å²) < 4.78 is 23.6. The maximum absolute atomic E-state index is 11.8. The highest BCUT2D eigenvalue weighted by atomic mass is 32.2. The normalized spacial score (nSPS) is 18.5. The molecule has 1 aromatic heterocycles. The molecule has 1 aliphatic heterocycles. The van der Waals surface area contributed by atoms with Crippen molar-refractivity contribution in [1.29, 1.82) is 0 Å². The van der Waals surface area contributed by atoms with E-state index in [9.17, 15) is 8.42 Å². The SMILES string of the molecule is CCNCc1c(C)cc(C)nc1N1CCCS(=O)(=O)CC1. The zero-order valence-corrected chi connectivity index (χ0v) is 14.0. The average Bonchev–Trinajstić information content (AvgIpc) is 2.58. The van der Waals surface area contributed by atoms with Gasteiger partial charge in [0.05, 0.1) is 11.5 Å². The molecule has 0 aromatic carbocycles. The lowest BCUT2D eigenvalue weighted by molar-refractivity contribution is 0.597. The highest BCUT2D eigenvalue weighted by molar-refractivity contribution is 7.91. The quantitative estimate of drug-likeness (QED) is 0.911. The highest BCUT2D eigenvalue weighted by Crippen LogP contribution is 2.24. The molecule has 2 heterocycles. The number of anilines is 1. The van der Waals surface area contributed by atoms with Gasteiger partial charge in [0.25, 0.3) is 0 Å². The number of rotatable bonds is 4. The zero-order valence-electron chi connectivity index (χ0n) is 13.1. The van der Waals surface area contributed by atoms with Gasteiger partial charge in [0.15, 0.2) is 9.84 Å². The fourth-order valence-electron chi connectivity index (χ4n) is 2.72. The van der Waals surface area contributed by atoms with Gasteiger partial charge in [0.1, 0.15) is 5.82 Å². The molecule has 5 nitrogen and oxygen atoms in total. The molecule has 1 N–H and O–H groups in total. The Labute approximate surface area is 127 Å². The maximum Gasteiger partial charge on any atom is 0.152 e. The molecule has 0 bridgehead atoms. The molecule has 0 spiro atoms. The second-order valence-corrected chi connectivity index (χ2v) is 7.96. The van der Waals surface area contributed by atoms with Crippen molar-refractivity contribution < 1.29 is 8.42 Å². The minimum Gasteiger partial charge on any atom is -0.355 e. The largest absolute Gasteiger partial charge is 0.355 e. The lowest BCUT2D eigenvalue weighted by atomic mass is 10.1. The number of aryl methyl sites for hydroxylation is 2. The second-order valence-electron chi connectivity index (χ2n) is 5.66. The Bertz CT molecular complexity index is 599. The first-order chi connectivity index (χ1) is 9.93. The first-order valence-electron chi connectivity index (χ1n) is 7.56. The summed E-state index contributed by atoms with van der Waals surface area (Å²) in [7, 11) is -2.90. The van der Waals surface area contributed by atoms with Gasteiger partial charge in [0, 0.05) is 30.9 Å². The number of nitrogens with one attached hydrogen (secondary N) is 1. The van der Waals surface area contributed by atoms with Crippen LogP contribution in [0.2, 0.25) is 0 Å². The van der Waals surface area contributed by atoms with Gasteiger partial charge in [-0.05, 0) is 38.4 Å². The van der Waals surface area contributed by atoms with Crippen molar-refractivity contribution in [3.63, 3.8) is 0 Å². The Morgan fingerprint density at radius 2 is 2.05 bits per heavy atom. The van der Waals surface area contributed by atoms with Crippen molar-refractivity contribution in [2.75, 3.05) is 36.0 Å². The van der Waals surface area contributed by atoms with Gasteiger partial charge in [-0.15, -0.1) is 0 Å². The second kappa shape index (κ2) is 6.75. The van der Waals surface area contributed by atoms with Crippen LogP contribution in [0, 0.1) is 13.8 Å². The van der Waals surface area contributed by atoms with E-state index in [1.807, 2.05) is 6.92 Å². The van der Waals surface area contributed by atoms with E-state index in [-0.39, 0.29) is 11.5 Å². The Morgan fingerprint density at radius 1 is 1.29 bits per heavy atom. The molecule has 0 aliphatic carbocycles. The summed E-state index contributed by atoms with van der Waals surface area (Å²) in [4.78, 5) is 6.83. The minimum absolute atomic E-state index is 0.225. The van der Waals surface area contributed by atoms with E-state index in [1.165, 1.54) is 11.1 Å². The van der Waals surface area contributed by atoms with Gasteiger partial charge in [-0.1, -0.05) is 6.92 Å². The molecule has 0 atom stereocenters. The third-order valence-corrected chi connectivity index (χ3v) is 5.58. The molecule has 0 unspecified atom stereocenters. The van der Waals surface area contributed by atoms with Crippen LogP contribution in [0.4, 0.5) is 5.82 Å². The van der Waals surface area contributed by atoms with E-state index in [0.29, 0.717) is 13.0 Å². The predicted molar refractivity (Wildman–Crippen MR) is 86.6 cm³/mol. The summed E-state index contributed by atoms with van der Waals surface area (Å²) in [5, 5.41) is 3.35. The van der Waals surface area contributed by atoms with Gasteiger partial charge in [0.2, 0.25) is 0 Å². The summed E-state index contributed by atoms with van der Waals surface area (Å²) in [5.41, 5.74) is 3.38. The van der Waals surface area contributed by atoms with Crippen molar-refractivity contribution in [2.45, 2.75) is 33.7 Å². The summed E-state index contributed by atoms with van der Waals surface area (Å²) in [5.74, 6) is 1.46. The van der Waals surface area contributed by atoms with Crippen LogP contribution in [0.15, 0.2) is 6.07 Å². The van der Waals surface area contributed by atoms with Gasteiger partial charge >= 0.3 is 0 Å². The van der Waals surface area contributed by atoms with E-state index in [0.717, 1.165) is 31.1 Å². The van der Waals surface area contributed by atoms with Crippen LogP contribution in [0.1, 0.15) is 30.2 Å². The van der Waals surface area contributed by atoms with Crippen LogP contribution in [-0.2, 0) is 16.4 Å². The Balaban J connectivity index is 2.32. The summed E-state index contributed by atoms with van der Waals surface area (Å²) >= 11 is 0. The van der Waals surface area contributed by atoms with Crippen LogP contribution >= 0.6 is 0 Å². The van der Waals surface area contributed by atoms with Crippen LogP contribution in [0.3, 0.4) is 0 Å². The molecule has 1 aliphatic rings. The van der Waals surface area contributed by atoms with Gasteiger partial charge < -0.3 is 10.2 Å². The first kappa shape index (κ1) is 16.2. The molecule has 1 aromatic rings. The average molecular weight is 311 g/mol. The minimum atomic E-state index is -2.90. The van der Waals surface area contributed by atoms with Crippen LogP contribution < -0.4 is 10.2 Å². The monoisotopic (exact) mass is 311 g/mol. The first-order valence-corrected chi connectivity index (χ1v) is 9.38. The van der Waals surface area contributed by atoms with Crippen molar-refractivity contribution in [1.82, 2.24) is 10.3 Å². The van der Waals surface area contributed by atoms with Crippen molar-refractivity contribution in [2.24, 2.45) is 0 Å². The van der Waals surface area contributed by atoms with Crippen LogP contribution in [0.5, 0.6) is 0 Å². The molecule has 0 saturated carbocycles. The Morgan fingerprint density at radius 3 is 2.76 bits per heavy atom. The van der Waals surface area contributed by atoms with Crippen LogP contribution in [0.25, 0.3) is 0 Å². The lowest BCUT2D eigenvalue weighted by Gasteiger charge is -2.25. The lowest BCUT2D eigenvalue weighted by Crippen LogP contribution is -2.30. The maximum atomic E-state index is 11.8. The number of nitrogens with zero attached hydrogens (tertiary/aromatic N) is 2. The summed E-state index contributed by atoms with van der Waals surface area (Å²) in [6.45, 7) is 9.14. The number of pyridine rings is 1. The molecule has 1 saturated heterocycles.